The van der Waals surface area contributed by atoms with Gasteiger partial charge in [-0.3, -0.25) is 4.98 Å². The Morgan fingerprint density at radius 1 is 1.35 bits per heavy atom. The number of pyridine rings is 1. The zero-order chi connectivity index (χ0) is 12.3. The predicted octanol–water partition coefficient (Wildman–Crippen LogP) is 3.31. The molecule has 1 atom stereocenters. The van der Waals surface area contributed by atoms with Gasteiger partial charge in [0.25, 0.3) is 0 Å². The molecule has 0 saturated heterocycles. The number of hydrogen-bond donors (Lipinski definition) is 1. The van der Waals surface area contributed by atoms with Crippen molar-refractivity contribution in [2.75, 3.05) is 7.05 Å². The quantitative estimate of drug-likeness (QED) is 0.871. The van der Waals surface area contributed by atoms with Crippen molar-refractivity contribution in [1.29, 1.82) is 0 Å². The summed E-state index contributed by atoms with van der Waals surface area (Å²) in [6.07, 6.45) is 6.51. The molecule has 2 rings (SSSR count). The van der Waals surface area contributed by atoms with Crippen LogP contribution >= 0.6 is 0 Å². The molecule has 1 aliphatic carbocycles. The Morgan fingerprint density at radius 3 is 2.65 bits per heavy atom. The second-order valence-electron chi connectivity index (χ2n) is 5.16. The summed E-state index contributed by atoms with van der Waals surface area (Å²) in [4.78, 5) is 4.21. The topological polar surface area (TPSA) is 24.9 Å². The molecular formula is C14H21FN2. The maximum Gasteiger partial charge on any atom is 0.146 e. The minimum absolute atomic E-state index is 0.0590. The van der Waals surface area contributed by atoms with Crippen molar-refractivity contribution < 1.29 is 4.39 Å². The van der Waals surface area contributed by atoms with Gasteiger partial charge in [-0.05, 0) is 43.9 Å². The van der Waals surface area contributed by atoms with Crippen LogP contribution in [-0.4, -0.2) is 12.0 Å². The number of nitrogens with zero attached hydrogens (tertiary/aromatic N) is 1. The fourth-order valence-electron chi connectivity index (χ4n) is 2.84. The lowest BCUT2D eigenvalue weighted by Crippen LogP contribution is -2.29. The lowest BCUT2D eigenvalue weighted by molar-refractivity contribution is 0.232. The number of aromatic nitrogens is 1. The molecule has 2 nitrogen and oxygen atoms in total. The Morgan fingerprint density at radius 2 is 2.06 bits per heavy atom. The van der Waals surface area contributed by atoms with Gasteiger partial charge in [-0.15, -0.1) is 0 Å². The maximum atomic E-state index is 13.8. The summed E-state index contributed by atoms with van der Waals surface area (Å²) >= 11 is 0. The highest BCUT2D eigenvalue weighted by Crippen LogP contribution is 2.36. The van der Waals surface area contributed by atoms with Crippen LogP contribution < -0.4 is 5.32 Å². The van der Waals surface area contributed by atoms with Gasteiger partial charge in [0, 0.05) is 6.20 Å². The Labute approximate surface area is 103 Å². The Balaban J connectivity index is 2.14. The van der Waals surface area contributed by atoms with Crippen molar-refractivity contribution in [1.82, 2.24) is 10.3 Å². The van der Waals surface area contributed by atoms with Gasteiger partial charge in [-0.25, -0.2) is 4.39 Å². The van der Waals surface area contributed by atoms with E-state index < -0.39 is 0 Å². The Bertz CT molecular complexity index is 359. The van der Waals surface area contributed by atoms with E-state index in [4.69, 9.17) is 0 Å². The van der Waals surface area contributed by atoms with E-state index in [1.54, 1.807) is 12.3 Å². The van der Waals surface area contributed by atoms with Crippen LogP contribution in [0.25, 0.3) is 0 Å². The van der Waals surface area contributed by atoms with Crippen molar-refractivity contribution >= 4 is 0 Å². The van der Waals surface area contributed by atoms with Gasteiger partial charge >= 0.3 is 0 Å². The molecule has 0 amide bonds. The van der Waals surface area contributed by atoms with Gasteiger partial charge in [0.05, 0.1) is 11.7 Å². The molecule has 1 aliphatic rings. The van der Waals surface area contributed by atoms with Crippen LogP contribution in [0, 0.1) is 17.7 Å². The van der Waals surface area contributed by atoms with E-state index in [-0.39, 0.29) is 11.9 Å². The first-order chi connectivity index (χ1) is 8.22. The van der Waals surface area contributed by atoms with Gasteiger partial charge in [-0.2, -0.15) is 0 Å². The van der Waals surface area contributed by atoms with E-state index in [0.717, 1.165) is 5.92 Å². The molecule has 1 N–H and O–H groups in total. The van der Waals surface area contributed by atoms with Gasteiger partial charge in [-0.1, -0.05) is 19.8 Å². The number of nitrogens with one attached hydrogen (secondary N) is 1. The van der Waals surface area contributed by atoms with E-state index in [9.17, 15) is 4.39 Å². The molecule has 1 aromatic heterocycles. The number of hydrogen-bond acceptors (Lipinski definition) is 2. The third-order valence-electron chi connectivity index (χ3n) is 3.92. The smallest absolute Gasteiger partial charge is 0.146 e. The SMILES string of the molecule is CNC(c1ncccc1F)C1CCC(C)CC1. The van der Waals surface area contributed by atoms with Crippen molar-refractivity contribution in [3.8, 4) is 0 Å². The molecule has 1 unspecified atom stereocenters. The van der Waals surface area contributed by atoms with E-state index in [0.29, 0.717) is 11.6 Å². The summed E-state index contributed by atoms with van der Waals surface area (Å²) in [6.45, 7) is 2.30. The summed E-state index contributed by atoms with van der Waals surface area (Å²) in [7, 11) is 1.90. The van der Waals surface area contributed by atoms with Crippen LogP contribution in [-0.2, 0) is 0 Å². The lowest BCUT2D eigenvalue weighted by atomic mass is 9.78. The summed E-state index contributed by atoms with van der Waals surface area (Å²) < 4.78 is 13.8. The normalized spacial score (nSPS) is 26.8. The fourth-order valence-corrected chi connectivity index (χ4v) is 2.84. The maximum absolute atomic E-state index is 13.8. The van der Waals surface area contributed by atoms with Crippen LogP contribution in [0.2, 0.25) is 0 Å². The van der Waals surface area contributed by atoms with E-state index in [1.165, 1.54) is 31.7 Å². The molecule has 0 bridgehead atoms. The van der Waals surface area contributed by atoms with E-state index in [2.05, 4.69) is 17.2 Å². The minimum atomic E-state index is -0.189. The minimum Gasteiger partial charge on any atom is -0.311 e. The van der Waals surface area contributed by atoms with Crippen molar-refractivity contribution in [2.24, 2.45) is 11.8 Å². The van der Waals surface area contributed by atoms with Crippen LogP contribution in [0.5, 0.6) is 0 Å². The van der Waals surface area contributed by atoms with Crippen molar-refractivity contribution in [3.05, 3.63) is 29.8 Å². The van der Waals surface area contributed by atoms with Crippen molar-refractivity contribution in [3.63, 3.8) is 0 Å². The monoisotopic (exact) mass is 236 g/mol. The second-order valence-corrected chi connectivity index (χ2v) is 5.16. The van der Waals surface area contributed by atoms with E-state index in [1.807, 2.05) is 7.05 Å². The van der Waals surface area contributed by atoms with Crippen LogP contribution in [0.1, 0.15) is 44.3 Å². The first-order valence-electron chi connectivity index (χ1n) is 6.50. The summed E-state index contributed by atoms with van der Waals surface area (Å²) in [6, 6.07) is 3.20. The number of rotatable bonds is 3. The first kappa shape index (κ1) is 12.5. The summed E-state index contributed by atoms with van der Waals surface area (Å²) in [5.41, 5.74) is 0.578. The zero-order valence-electron chi connectivity index (χ0n) is 10.6. The second kappa shape index (κ2) is 5.58. The largest absolute Gasteiger partial charge is 0.311 e. The molecule has 1 aromatic rings. The average molecular weight is 236 g/mol. The fraction of sp³-hybridized carbons (Fsp3) is 0.643. The number of halogens is 1. The molecule has 94 valence electrons. The van der Waals surface area contributed by atoms with Crippen molar-refractivity contribution in [2.45, 2.75) is 38.6 Å². The summed E-state index contributed by atoms with van der Waals surface area (Å²) in [5, 5.41) is 3.24. The Kier molecular flexibility index (Phi) is 4.11. The summed E-state index contributed by atoms with van der Waals surface area (Å²) in [5.74, 6) is 1.14. The van der Waals surface area contributed by atoms with Crippen LogP contribution in [0.4, 0.5) is 4.39 Å². The highest BCUT2D eigenvalue weighted by atomic mass is 19.1. The molecular weight excluding hydrogens is 215 g/mol. The van der Waals surface area contributed by atoms with Gasteiger partial charge in [0.15, 0.2) is 0 Å². The van der Waals surface area contributed by atoms with Gasteiger partial charge in [0.2, 0.25) is 0 Å². The molecule has 3 heteroatoms. The first-order valence-corrected chi connectivity index (χ1v) is 6.50. The van der Waals surface area contributed by atoms with Crippen LogP contribution in [0.15, 0.2) is 18.3 Å². The molecule has 0 spiro atoms. The van der Waals surface area contributed by atoms with Crippen LogP contribution in [0.3, 0.4) is 0 Å². The van der Waals surface area contributed by atoms with Gasteiger partial charge < -0.3 is 5.32 Å². The predicted molar refractivity (Wildman–Crippen MR) is 67.1 cm³/mol. The highest BCUT2D eigenvalue weighted by molar-refractivity contribution is 5.13. The molecule has 0 radical (unpaired) electrons. The third kappa shape index (κ3) is 2.83. The molecule has 1 fully saturated rings. The third-order valence-corrected chi connectivity index (χ3v) is 3.92. The average Bonchev–Trinajstić information content (AvgIpc) is 2.35. The Hall–Kier alpha value is -0.960. The molecule has 17 heavy (non-hydrogen) atoms. The van der Waals surface area contributed by atoms with E-state index >= 15 is 0 Å². The van der Waals surface area contributed by atoms with Gasteiger partial charge in [0.1, 0.15) is 5.82 Å². The lowest BCUT2D eigenvalue weighted by Gasteiger charge is -2.32. The molecule has 1 heterocycles. The zero-order valence-corrected chi connectivity index (χ0v) is 10.6. The molecule has 1 saturated carbocycles. The standard InChI is InChI=1S/C14H21FN2/c1-10-5-7-11(8-6-10)13(16-2)14-12(15)4-3-9-17-14/h3-4,9-11,13,16H,5-8H2,1-2H3. The highest BCUT2D eigenvalue weighted by Gasteiger charge is 2.28. The molecule has 0 aromatic carbocycles. The molecule has 0 aliphatic heterocycles.